The Morgan fingerprint density at radius 3 is 3.04 bits per heavy atom. The zero-order chi connectivity index (χ0) is 19.1. The first-order valence-corrected chi connectivity index (χ1v) is 8.99. The highest BCUT2D eigenvalue weighted by molar-refractivity contribution is 5.79. The molecule has 0 saturated carbocycles. The summed E-state index contributed by atoms with van der Waals surface area (Å²) >= 11 is 0. The summed E-state index contributed by atoms with van der Waals surface area (Å²) in [4.78, 5) is 8.67. The molecule has 0 amide bonds. The molecular formula is C20H17FN6O. The number of benzene rings is 1. The molecule has 1 aliphatic heterocycles. The van der Waals surface area contributed by atoms with Crippen LogP contribution in [-0.2, 0) is 13.0 Å². The highest BCUT2D eigenvalue weighted by Gasteiger charge is 2.20. The van der Waals surface area contributed by atoms with Crippen molar-refractivity contribution in [3.05, 3.63) is 65.6 Å². The third-order valence-electron chi connectivity index (χ3n) is 5.01. The number of pyridine rings is 1. The summed E-state index contributed by atoms with van der Waals surface area (Å²) in [6, 6.07) is 5.05. The molecule has 8 heteroatoms. The molecule has 1 aliphatic rings. The SMILES string of the molecule is Cc1cnccc1-c1cnc(NCc2c(F)ccc3c2CCO3)n2cnnc12. The highest BCUT2D eigenvalue weighted by atomic mass is 19.1. The maximum absolute atomic E-state index is 14.4. The van der Waals surface area contributed by atoms with Crippen molar-refractivity contribution in [1.82, 2.24) is 24.6 Å². The number of hydrogen-bond donors (Lipinski definition) is 1. The smallest absolute Gasteiger partial charge is 0.210 e. The highest BCUT2D eigenvalue weighted by Crippen LogP contribution is 2.31. The average Bonchev–Trinajstić information content (AvgIpc) is 3.37. The number of rotatable bonds is 4. The third kappa shape index (κ3) is 2.65. The number of nitrogens with zero attached hydrogens (tertiary/aromatic N) is 5. The van der Waals surface area contributed by atoms with Gasteiger partial charge in [0.1, 0.15) is 17.9 Å². The van der Waals surface area contributed by atoms with Crippen LogP contribution in [0.25, 0.3) is 16.8 Å². The number of aryl methyl sites for hydroxylation is 1. The summed E-state index contributed by atoms with van der Waals surface area (Å²) in [5.41, 5.74) is 5.08. The summed E-state index contributed by atoms with van der Waals surface area (Å²) in [6.45, 7) is 2.87. The van der Waals surface area contributed by atoms with Crippen LogP contribution in [0.2, 0.25) is 0 Å². The van der Waals surface area contributed by atoms with Crippen molar-refractivity contribution >= 4 is 11.6 Å². The van der Waals surface area contributed by atoms with Crippen LogP contribution >= 0.6 is 0 Å². The number of hydrogen-bond acceptors (Lipinski definition) is 6. The molecule has 0 radical (unpaired) electrons. The topological polar surface area (TPSA) is 77.2 Å². The van der Waals surface area contributed by atoms with Crippen LogP contribution < -0.4 is 10.1 Å². The van der Waals surface area contributed by atoms with Gasteiger partial charge in [-0.05, 0) is 36.2 Å². The molecule has 28 heavy (non-hydrogen) atoms. The van der Waals surface area contributed by atoms with Crippen LogP contribution in [0.15, 0.2) is 43.1 Å². The van der Waals surface area contributed by atoms with Gasteiger partial charge in [-0.2, -0.15) is 0 Å². The van der Waals surface area contributed by atoms with Gasteiger partial charge in [-0.3, -0.25) is 9.38 Å². The van der Waals surface area contributed by atoms with Gasteiger partial charge in [-0.1, -0.05) is 0 Å². The van der Waals surface area contributed by atoms with E-state index >= 15 is 0 Å². The Balaban J connectivity index is 1.51. The Morgan fingerprint density at radius 2 is 2.14 bits per heavy atom. The molecular weight excluding hydrogens is 359 g/mol. The van der Waals surface area contributed by atoms with Crippen LogP contribution in [-0.4, -0.2) is 31.2 Å². The minimum atomic E-state index is -0.249. The normalized spacial score (nSPS) is 12.8. The molecule has 0 unspecified atom stereocenters. The lowest BCUT2D eigenvalue weighted by atomic mass is 10.0. The quantitative estimate of drug-likeness (QED) is 0.589. The molecule has 0 bridgehead atoms. The van der Waals surface area contributed by atoms with E-state index in [0.717, 1.165) is 28.0 Å². The average molecular weight is 376 g/mol. The van der Waals surface area contributed by atoms with Crippen molar-refractivity contribution in [3.8, 4) is 16.9 Å². The molecule has 4 aromatic rings. The van der Waals surface area contributed by atoms with E-state index in [9.17, 15) is 4.39 Å². The zero-order valence-corrected chi connectivity index (χ0v) is 15.2. The molecule has 3 aromatic heterocycles. The summed E-state index contributed by atoms with van der Waals surface area (Å²) in [5.74, 6) is 1.05. The fourth-order valence-corrected chi connectivity index (χ4v) is 3.59. The number of aromatic nitrogens is 5. The summed E-state index contributed by atoms with van der Waals surface area (Å²) in [6.07, 6.45) is 7.60. The molecule has 1 aromatic carbocycles. The third-order valence-corrected chi connectivity index (χ3v) is 5.01. The standard InChI is InChI=1S/C20H17FN6O/c1-12-8-22-6-4-13(12)16-10-24-20(27-11-25-26-19(16)27)23-9-15-14-5-7-28-18(14)3-2-17(15)21/h2-4,6,8,10-11H,5,7,9H2,1H3,(H,23,24). The van der Waals surface area contributed by atoms with Gasteiger partial charge in [-0.25, -0.2) is 9.37 Å². The lowest BCUT2D eigenvalue weighted by molar-refractivity contribution is 0.356. The second-order valence-corrected chi connectivity index (χ2v) is 6.67. The minimum Gasteiger partial charge on any atom is -0.493 e. The monoisotopic (exact) mass is 376 g/mol. The lowest BCUT2D eigenvalue weighted by Gasteiger charge is -2.13. The first kappa shape index (κ1) is 16.6. The van der Waals surface area contributed by atoms with E-state index in [0.29, 0.717) is 36.7 Å². The van der Waals surface area contributed by atoms with E-state index in [-0.39, 0.29) is 5.82 Å². The predicted molar refractivity (Wildman–Crippen MR) is 102 cm³/mol. The van der Waals surface area contributed by atoms with Gasteiger partial charge in [0.25, 0.3) is 0 Å². The van der Waals surface area contributed by atoms with E-state index in [1.807, 2.05) is 13.0 Å². The van der Waals surface area contributed by atoms with Crippen LogP contribution in [0.3, 0.4) is 0 Å². The fraction of sp³-hybridized carbons (Fsp3) is 0.200. The van der Waals surface area contributed by atoms with Crippen molar-refractivity contribution in [2.75, 3.05) is 11.9 Å². The number of fused-ring (bicyclic) bond motifs is 2. The van der Waals surface area contributed by atoms with Gasteiger partial charge < -0.3 is 10.1 Å². The number of nitrogens with one attached hydrogen (secondary N) is 1. The van der Waals surface area contributed by atoms with Crippen molar-refractivity contribution in [2.45, 2.75) is 19.9 Å². The Morgan fingerprint density at radius 1 is 1.21 bits per heavy atom. The van der Waals surface area contributed by atoms with Gasteiger partial charge >= 0.3 is 0 Å². The van der Waals surface area contributed by atoms with Gasteiger partial charge in [0, 0.05) is 48.2 Å². The van der Waals surface area contributed by atoms with Crippen molar-refractivity contribution in [3.63, 3.8) is 0 Å². The number of ether oxygens (including phenoxy) is 1. The Hall–Kier alpha value is -3.55. The summed E-state index contributed by atoms with van der Waals surface area (Å²) in [5, 5.41) is 11.5. The van der Waals surface area contributed by atoms with Gasteiger partial charge in [-0.15, -0.1) is 10.2 Å². The maximum atomic E-state index is 14.4. The van der Waals surface area contributed by atoms with Gasteiger partial charge in [0.05, 0.1) is 6.61 Å². The summed E-state index contributed by atoms with van der Waals surface area (Å²) in [7, 11) is 0. The second-order valence-electron chi connectivity index (χ2n) is 6.67. The zero-order valence-electron chi connectivity index (χ0n) is 15.2. The maximum Gasteiger partial charge on any atom is 0.210 e. The van der Waals surface area contributed by atoms with E-state index in [4.69, 9.17) is 4.74 Å². The largest absolute Gasteiger partial charge is 0.493 e. The predicted octanol–water partition coefficient (Wildman–Crippen LogP) is 3.18. The van der Waals surface area contributed by atoms with Crippen molar-refractivity contribution in [1.29, 1.82) is 0 Å². The van der Waals surface area contributed by atoms with E-state index in [1.165, 1.54) is 6.07 Å². The molecule has 0 spiro atoms. The molecule has 1 N–H and O–H groups in total. The molecule has 7 nitrogen and oxygen atoms in total. The molecule has 5 rings (SSSR count). The molecule has 140 valence electrons. The van der Waals surface area contributed by atoms with E-state index in [2.05, 4.69) is 25.5 Å². The molecule has 0 aliphatic carbocycles. The van der Waals surface area contributed by atoms with E-state index in [1.54, 1.807) is 35.4 Å². The van der Waals surface area contributed by atoms with Crippen molar-refractivity contribution < 1.29 is 9.13 Å². The Bertz CT molecular complexity index is 1190. The Kier molecular flexibility index (Phi) is 3.89. The second kappa shape index (κ2) is 6.56. The molecule has 4 heterocycles. The van der Waals surface area contributed by atoms with Crippen LogP contribution in [0.5, 0.6) is 5.75 Å². The minimum absolute atomic E-state index is 0.249. The van der Waals surface area contributed by atoms with Gasteiger partial charge in [0.2, 0.25) is 5.95 Å². The first-order chi connectivity index (χ1) is 13.7. The molecule has 0 saturated heterocycles. The Labute approximate surface area is 160 Å². The molecule has 0 fully saturated rings. The number of halogens is 1. The summed E-state index contributed by atoms with van der Waals surface area (Å²) < 4.78 is 21.7. The van der Waals surface area contributed by atoms with Crippen LogP contribution in [0.1, 0.15) is 16.7 Å². The molecule has 0 atom stereocenters. The number of anilines is 1. The first-order valence-electron chi connectivity index (χ1n) is 8.99. The lowest BCUT2D eigenvalue weighted by Crippen LogP contribution is -2.09. The van der Waals surface area contributed by atoms with Crippen LogP contribution in [0, 0.1) is 12.7 Å². The fourth-order valence-electron chi connectivity index (χ4n) is 3.59. The van der Waals surface area contributed by atoms with E-state index < -0.39 is 0 Å². The van der Waals surface area contributed by atoms with Gasteiger partial charge in [0.15, 0.2) is 5.65 Å². The van der Waals surface area contributed by atoms with Crippen LogP contribution in [0.4, 0.5) is 10.3 Å². The van der Waals surface area contributed by atoms with Crippen molar-refractivity contribution in [2.24, 2.45) is 0 Å².